The Bertz CT molecular complexity index is 441. The van der Waals surface area contributed by atoms with Crippen molar-refractivity contribution in [2.45, 2.75) is 39.2 Å². The summed E-state index contributed by atoms with van der Waals surface area (Å²) >= 11 is 0. The van der Waals surface area contributed by atoms with Gasteiger partial charge in [-0.1, -0.05) is 13.8 Å². The van der Waals surface area contributed by atoms with Gasteiger partial charge in [-0.2, -0.15) is 0 Å². The normalized spacial score (nSPS) is 40.4. The Kier molecular flexibility index (Phi) is 2.53. The average molecular weight is 267 g/mol. The summed E-state index contributed by atoms with van der Waals surface area (Å²) in [6.07, 6.45) is 1.37. The minimum absolute atomic E-state index is 0.0321. The van der Waals surface area contributed by atoms with Crippen LogP contribution < -0.4 is 0 Å². The van der Waals surface area contributed by atoms with E-state index < -0.39 is 16.4 Å². The van der Waals surface area contributed by atoms with Gasteiger partial charge in [-0.25, -0.2) is 0 Å². The van der Waals surface area contributed by atoms with Crippen molar-refractivity contribution >= 4 is 11.9 Å². The third-order valence-electron chi connectivity index (χ3n) is 5.73. The minimum Gasteiger partial charge on any atom is -0.448 e. The molecule has 0 radical (unpaired) electrons. The van der Waals surface area contributed by atoms with Crippen molar-refractivity contribution in [1.82, 2.24) is 4.90 Å². The number of carbonyl (C=O) groups excluding carboxylic acids is 2. The molecule has 19 heavy (non-hydrogen) atoms. The quantitative estimate of drug-likeness (QED) is 0.664. The largest absolute Gasteiger partial charge is 0.448 e. The Morgan fingerprint density at radius 2 is 1.79 bits per heavy atom. The van der Waals surface area contributed by atoms with Gasteiger partial charge >= 0.3 is 5.97 Å². The SMILES string of the molecule is CC1(C)[C@]2(C)CC[C@]1(C(=O)N1CCOCC1)OC2=O. The van der Waals surface area contributed by atoms with Gasteiger partial charge in [0.25, 0.3) is 5.91 Å². The van der Waals surface area contributed by atoms with Crippen LogP contribution in [0.2, 0.25) is 0 Å². The topological polar surface area (TPSA) is 55.8 Å². The number of carbonyl (C=O) groups is 2. The Morgan fingerprint density at radius 3 is 2.26 bits per heavy atom. The van der Waals surface area contributed by atoms with Crippen molar-refractivity contribution in [1.29, 1.82) is 0 Å². The zero-order valence-corrected chi connectivity index (χ0v) is 11.8. The first-order valence-electron chi connectivity index (χ1n) is 6.96. The fraction of sp³-hybridized carbons (Fsp3) is 0.857. The molecular weight excluding hydrogens is 246 g/mol. The summed E-state index contributed by atoms with van der Waals surface area (Å²) in [5.74, 6) is -0.249. The van der Waals surface area contributed by atoms with E-state index in [0.29, 0.717) is 32.7 Å². The Hall–Kier alpha value is -1.10. The molecule has 0 aromatic carbocycles. The molecule has 1 amide bonds. The maximum Gasteiger partial charge on any atom is 0.313 e. The third kappa shape index (κ3) is 1.34. The van der Waals surface area contributed by atoms with Gasteiger partial charge in [0.15, 0.2) is 5.60 Å². The van der Waals surface area contributed by atoms with Crippen LogP contribution in [0.5, 0.6) is 0 Å². The molecule has 0 aromatic heterocycles. The van der Waals surface area contributed by atoms with Crippen molar-refractivity contribution in [2.24, 2.45) is 10.8 Å². The van der Waals surface area contributed by atoms with Gasteiger partial charge in [-0.05, 0) is 19.8 Å². The Labute approximate surface area is 113 Å². The molecule has 3 aliphatic rings. The molecule has 2 saturated heterocycles. The molecule has 3 rings (SSSR count). The number of rotatable bonds is 1. The number of hydrogen-bond donors (Lipinski definition) is 0. The molecule has 0 unspecified atom stereocenters. The minimum atomic E-state index is -0.962. The van der Waals surface area contributed by atoms with Crippen LogP contribution in [0.1, 0.15) is 33.6 Å². The van der Waals surface area contributed by atoms with Crippen molar-refractivity contribution in [3.63, 3.8) is 0 Å². The van der Waals surface area contributed by atoms with Crippen LogP contribution in [0.4, 0.5) is 0 Å². The molecule has 0 N–H and O–H groups in total. The molecular formula is C14H21NO4. The fourth-order valence-electron chi connectivity index (χ4n) is 3.74. The third-order valence-corrected chi connectivity index (χ3v) is 5.73. The zero-order chi connectivity index (χ0) is 13.9. The van der Waals surface area contributed by atoms with E-state index in [1.165, 1.54) is 0 Å². The lowest BCUT2D eigenvalue weighted by Crippen LogP contribution is -2.57. The maximum absolute atomic E-state index is 12.9. The molecule has 0 spiro atoms. The zero-order valence-electron chi connectivity index (χ0n) is 11.8. The average Bonchev–Trinajstić information content (AvgIpc) is 2.69. The highest BCUT2D eigenvalue weighted by Gasteiger charge is 2.76. The van der Waals surface area contributed by atoms with Crippen LogP contribution in [-0.4, -0.2) is 48.7 Å². The second kappa shape index (κ2) is 3.72. The highest BCUT2D eigenvalue weighted by Crippen LogP contribution is 2.65. The van der Waals surface area contributed by atoms with E-state index in [4.69, 9.17) is 9.47 Å². The smallest absolute Gasteiger partial charge is 0.313 e. The summed E-state index contributed by atoms with van der Waals surface area (Å²) in [7, 11) is 0. The first kappa shape index (κ1) is 12.9. The first-order chi connectivity index (χ1) is 8.85. The number of esters is 1. The predicted molar refractivity (Wildman–Crippen MR) is 67.3 cm³/mol. The Morgan fingerprint density at radius 1 is 1.16 bits per heavy atom. The summed E-state index contributed by atoms with van der Waals surface area (Å²) in [6.45, 7) is 8.21. The second-order valence-electron chi connectivity index (χ2n) is 6.58. The van der Waals surface area contributed by atoms with Crippen LogP contribution in [-0.2, 0) is 19.1 Å². The van der Waals surface area contributed by atoms with Crippen molar-refractivity contribution in [2.75, 3.05) is 26.3 Å². The summed E-state index contributed by atoms with van der Waals surface area (Å²) < 4.78 is 10.9. The molecule has 2 aliphatic heterocycles. The molecule has 1 aliphatic carbocycles. The molecule has 0 aromatic rings. The summed E-state index contributed by atoms with van der Waals surface area (Å²) in [5.41, 5.74) is -1.95. The number of hydrogen-bond acceptors (Lipinski definition) is 4. The van der Waals surface area contributed by atoms with E-state index in [1.54, 1.807) is 4.90 Å². The lowest BCUT2D eigenvalue weighted by atomic mass is 9.66. The van der Waals surface area contributed by atoms with Gasteiger partial charge in [0.2, 0.25) is 0 Å². The van der Waals surface area contributed by atoms with E-state index in [2.05, 4.69) is 0 Å². The highest BCUT2D eigenvalue weighted by molar-refractivity contribution is 5.96. The monoisotopic (exact) mass is 267 g/mol. The molecule has 106 valence electrons. The molecule has 1 saturated carbocycles. The number of amides is 1. The van der Waals surface area contributed by atoms with Gasteiger partial charge in [-0.15, -0.1) is 0 Å². The molecule has 3 fully saturated rings. The van der Waals surface area contributed by atoms with Crippen LogP contribution in [0.3, 0.4) is 0 Å². The standard InChI is InChI=1S/C14H21NO4/c1-12(2)13(3)4-5-14(12,19-11(13)17)10(16)15-6-8-18-9-7-15/h4-9H2,1-3H3/t13-,14-/m1/s1. The van der Waals surface area contributed by atoms with Crippen LogP contribution in [0.25, 0.3) is 0 Å². The highest BCUT2D eigenvalue weighted by atomic mass is 16.6. The van der Waals surface area contributed by atoms with Gasteiger partial charge in [0.05, 0.1) is 18.6 Å². The van der Waals surface area contributed by atoms with Gasteiger partial charge in [0.1, 0.15) is 0 Å². The van der Waals surface area contributed by atoms with Crippen molar-refractivity contribution in [3.05, 3.63) is 0 Å². The first-order valence-corrected chi connectivity index (χ1v) is 6.96. The fourth-order valence-corrected chi connectivity index (χ4v) is 3.74. The summed E-state index contributed by atoms with van der Waals surface area (Å²) in [4.78, 5) is 26.8. The predicted octanol–water partition coefficient (Wildman–Crippen LogP) is 0.967. The lowest BCUT2D eigenvalue weighted by molar-refractivity contribution is -0.176. The van der Waals surface area contributed by atoms with E-state index in [1.807, 2.05) is 20.8 Å². The Balaban J connectivity index is 1.95. The van der Waals surface area contributed by atoms with Crippen LogP contribution in [0.15, 0.2) is 0 Å². The van der Waals surface area contributed by atoms with E-state index in [9.17, 15) is 9.59 Å². The number of fused-ring (bicyclic) bond motifs is 2. The second-order valence-corrected chi connectivity index (χ2v) is 6.58. The molecule has 2 heterocycles. The van der Waals surface area contributed by atoms with E-state index >= 15 is 0 Å². The van der Waals surface area contributed by atoms with Crippen LogP contribution >= 0.6 is 0 Å². The van der Waals surface area contributed by atoms with E-state index in [0.717, 1.165) is 6.42 Å². The van der Waals surface area contributed by atoms with Gasteiger partial charge < -0.3 is 14.4 Å². The number of ether oxygens (including phenoxy) is 2. The van der Waals surface area contributed by atoms with Gasteiger partial charge in [0, 0.05) is 18.5 Å². The van der Waals surface area contributed by atoms with Crippen LogP contribution in [0, 0.1) is 10.8 Å². The molecule has 5 heteroatoms. The van der Waals surface area contributed by atoms with Gasteiger partial charge in [-0.3, -0.25) is 9.59 Å². The number of morpholine rings is 1. The van der Waals surface area contributed by atoms with Crippen molar-refractivity contribution in [3.8, 4) is 0 Å². The molecule has 5 nitrogen and oxygen atoms in total. The summed E-state index contributed by atoms with van der Waals surface area (Å²) in [5, 5.41) is 0. The maximum atomic E-state index is 12.9. The summed E-state index contributed by atoms with van der Waals surface area (Å²) in [6, 6.07) is 0. The van der Waals surface area contributed by atoms with E-state index in [-0.39, 0.29) is 11.9 Å². The molecule has 2 bridgehead atoms. The van der Waals surface area contributed by atoms with Crippen molar-refractivity contribution < 1.29 is 19.1 Å². The lowest BCUT2D eigenvalue weighted by Gasteiger charge is -2.40. The molecule has 2 atom stereocenters. The number of nitrogens with zero attached hydrogens (tertiary/aromatic N) is 1.